The van der Waals surface area contributed by atoms with E-state index in [0.717, 1.165) is 62.5 Å². The van der Waals surface area contributed by atoms with Crippen molar-refractivity contribution in [3.05, 3.63) is 53.6 Å². The lowest BCUT2D eigenvalue weighted by Gasteiger charge is -2.41. The van der Waals surface area contributed by atoms with Crippen LogP contribution < -0.4 is 15.1 Å². The fourth-order valence-corrected chi connectivity index (χ4v) is 8.81. The number of benzene rings is 2. The zero-order valence-corrected chi connectivity index (χ0v) is 32.7. The summed E-state index contributed by atoms with van der Waals surface area (Å²) in [5.74, 6) is 1.64. The summed E-state index contributed by atoms with van der Waals surface area (Å²) in [6, 6.07) is 16.6. The monoisotopic (exact) mass is 686 g/mol. The number of carbonyl (C=O) groups excluding carboxylic acids is 1. The van der Waals surface area contributed by atoms with E-state index in [2.05, 4.69) is 90.7 Å². The molecule has 2 aromatic rings. The first-order valence-electron chi connectivity index (χ1n) is 18.5. The van der Waals surface area contributed by atoms with Gasteiger partial charge in [0.25, 0.3) is 0 Å². The average Bonchev–Trinajstić information content (AvgIpc) is 3.29. The van der Waals surface area contributed by atoms with Crippen LogP contribution in [0.1, 0.15) is 117 Å². The van der Waals surface area contributed by atoms with Crippen molar-refractivity contribution in [1.82, 2.24) is 0 Å². The lowest BCUT2D eigenvalue weighted by Crippen LogP contribution is -2.46. The Balaban J connectivity index is 1.32. The minimum atomic E-state index is -1.87. The molecule has 49 heavy (non-hydrogen) atoms. The largest absolute Gasteiger partial charge is 0.495 e. The third kappa shape index (κ3) is 8.30. The summed E-state index contributed by atoms with van der Waals surface area (Å²) in [5, 5.41) is 9.80. The number of hydrogen-bond acceptors (Lipinski definition) is 6. The zero-order valence-electron chi connectivity index (χ0n) is 31.7. The average molecular weight is 687 g/mol. The van der Waals surface area contributed by atoms with Crippen LogP contribution in [-0.2, 0) is 18.5 Å². The van der Waals surface area contributed by atoms with Gasteiger partial charge in [-0.25, -0.2) is 0 Å². The predicted octanol–water partition coefficient (Wildman–Crippen LogP) is 8.75. The number of ether oxygens (including phenoxy) is 1. The molecule has 3 aliphatic rings. The van der Waals surface area contributed by atoms with Gasteiger partial charge in [0.05, 0.1) is 23.9 Å². The number of nitrogens with zero attached hydrogens (tertiary/aromatic N) is 2. The Morgan fingerprint density at radius 3 is 2.16 bits per heavy atom. The molecule has 0 radical (unpaired) electrons. The summed E-state index contributed by atoms with van der Waals surface area (Å²) in [4.78, 5) is 16.7. The number of methoxy groups -OCH3 is 1. The number of hydrogen-bond donors (Lipinski definition) is 0. The SMILES string of the molecule is COc1ccc([C@H]2CC[C@H](CN(C(=O)C3CCC(O[Si](C)(C)C(C)(C)C)CC3)c3cccc(B4OC(C)(C)C(C)(C)O4)c3)CC2)cc1C#N. The molecule has 0 unspecified atom stereocenters. The molecule has 0 N–H and O–H groups in total. The molecular weight excluding hydrogens is 627 g/mol. The summed E-state index contributed by atoms with van der Waals surface area (Å²) in [6.45, 7) is 20.5. The standard InChI is InChI=1S/C40H59BN2O5Si/c1-38(2,3)49(9,10)46-35-21-18-30(19-22-35)37(44)43(34-13-11-12-33(25-34)41-47-39(4,5)40(6,7)48-41)27-28-14-16-29(17-15-28)31-20-23-36(45-8)32(24-31)26-42/h11-13,20,23-25,28-30,35H,14-19,21-22,27H2,1-10H3/t28-,29-,30?,35?. The Morgan fingerprint density at radius 2 is 1.59 bits per heavy atom. The molecule has 9 heteroatoms. The van der Waals surface area contributed by atoms with Crippen molar-refractivity contribution in [3.63, 3.8) is 0 Å². The third-order valence-electron chi connectivity index (χ3n) is 12.4. The Bertz CT molecular complexity index is 1500. The molecule has 0 spiro atoms. The molecule has 1 aliphatic heterocycles. The molecule has 0 atom stereocenters. The second-order valence-corrected chi connectivity index (χ2v) is 22.0. The van der Waals surface area contributed by atoms with Crippen LogP contribution in [0.15, 0.2) is 42.5 Å². The summed E-state index contributed by atoms with van der Waals surface area (Å²) in [6.07, 6.45) is 7.96. The minimum absolute atomic E-state index is 0.0141. The van der Waals surface area contributed by atoms with E-state index in [1.165, 1.54) is 5.56 Å². The van der Waals surface area contributed by atoms with Crippen molar-refractivity contribution in [2.24, 2.45) is 11.8 Å². The van der Waals surface area contributed by atoms with Crippen molar-refractivity contribution >= 4 is 32.5 Å². The van der Waals surface area contributed by atoms with Crippen LogP contribution >= 0.6 is 0 Å². The fourth-order valence-electron chi connectivity index (χ4n) is 7.39. The van der Waals surface area contributed by atoms with Crippen molar-refractivity contribution in [3.8, 4) is 11.8 Å². The molecule has 2 saturated carbocycles. The Labute approximate surface area is 297 Å². The molecule has 1 saturated heterocycles. The van der Waals surface area contributed by atoms with E-state index in [0.29, 0.717) is 29.7 Å². The fraction of sp³-hybridized carbons (Fsp3) is 0.650. The second kappa shape index (κ2) is 14.5. The normalized spacial score (nSPS) is 25.4. The topological polar surface area (TPSA) is 81.0 Å². The Morgan fingerprint density at radius 1 is 0.959 bits per heavy atom. The smallest absolute Gasteiger partial charge is 0.494 e. The first-order chi connectivity index (χ1) is 22.9. The van der Waals surface area contributed by atoms with Crippen LogP contribution in [0, 0.1) is 23.2 Å². The summed E-state index contributed by atoms with van der Waals surface area (Å²) in [5.41, 5.74) is 2.78. The quantitative estimate of drug-likeness (QED) is 0.246. The number of anilines is 1. The Hall–Kier alpha value is -2.64. The van der Waals surface area contributed by atoms with Gasteiger partial charge in [0.2, 0.25) is 5.91 Å². The number of carbonyl (C=O) groups is 1. The van der Waals surface area contributed by atoms with Crippen molar-refractivity contribution in [2.75, 3.05) is 18.6 Å². The molecule has 2 aliphatic carbocycles. The van der Waals surface area contributed by atoms with Gasteiger partial charge in [0, 0.05) is 24.3 Å². The predicted molar refractivity (Wildman–Crippen MR) is 201 cm³/mol. The highest BCUT2D eigenvalue weighted by atomic mass is 28.4. The first kappa shape index (κ1) is 37.6. The van der Waals surface area contributed by atoms with E-state index in [1.807, 2.05) is 24.3 Å². The van der Waals surface area contributed by atoms with Gasteiger partial charge in [-0.2, -0.15) is 5.26 Å². The van der Waals surface area contributed by atoms with Crippen LogP contribution in [0.2, 0.25) is 18.1 Å². The van der Waals surface area contributed by atoms with E-state index in [9.17, 15) is 10.1 Å². The van der Waals surface area contributed by atoms with Gasteiger partial charge in [-0.1, -0.05) is 39.0 Å². The van der Waals surface area contributed by atoms with Gasteiger partial charge < -0.3 is 23.4 Å². The number of nitriles is 1. The van der Waals surface area contributed by atoms with E-state index < -0.39 is 26.6 Å². The van der Waals surface area contributed by atoms with Crippen LogP contribution in [0.5, 0.6) is 5.75 Å². The third-order valence-corrected chi connectivity index (χ3v) is 16.9. The number of amides is 1. The minimum Gasteiger partial charge on any atom is -0.495 e. The van der Waals surface area contributed by atoms with Gasteiger partial charge in [-0.05, 0) is 144 Å². The molecule has 7 nitrogen and oxygen atoms in total. The van der Waals surface area contributed by atoms with Crippen LogP contribution in [0.25, 0.3) is 0 Å². The van der Waals surface area contributed by atoms with E-state index in [4.69, 9.17) is 18.5 Å². The van der Waals surface area contributed by atoms with Crippen molar-refractivity contribution in [1.29, 1.82) is 5.26 Å². The molecule has 1 amide bonds. The molecule has 266 valence electrons. The highest BCUT2D eigenvalue weighted by molar-refractivity contribution is 6.74. The van der Waals surface area contributed by atoms with Gasteiger partial charge in [-0.3, -0.25) is 4.79 Å². The highest BCUT2D eigenvalue weighted by Crippen LogP contribution is 2.42. The maximum Gasteiger partial charge on any atom is 0.494 e. The molecule has 0 bridgehead atoms. The van der Waals surface area contributed by atoms with Crippen LogP contribution in [-0.4, -0.2) is 52.3 Å². The maximum atomic E-state index is 14.6. The molecule has 0 aromatic heterocycles. The summed E-state index contributed by atoms with van der Waals surface area (Å²) < 4.78 is 25.0. The molecule has 2 aromatic carbocycles. The second-order valence-electron chi connectivity index (χ2n) is 17.3. The summed E-state index contributed by atoms with van der Waals surface area (Å²) in [7, 11) is -0.745. The molecule has 3 fully saturated rings. The van der Waals surface area contributed by atoms with E-state index >= 15 is 0 Å². The van der Waals surface area contributed by atoms with Crippen LogP contribution in [0.4, 0.5) is 5.69 Å². The summed E-state index contributed by atoms with van der Waals surface area (Å²) >= 11 is 0. The lowest BCUT2D eigenvalue weighted by atomic mass is 9.77. The van der Waals surface area contributed by atoms with Gasteiger partial charge >= 0.3 is 7.12 Å². The van der Waals surface area contributed by atoms with Crippen molar-refractivity contribution < 1.29 is 23.3 Å². The van der Waals surface area contributed by atoms with Gasteiger partial charge in [-0.15, -0.1) is 0 Å². The van der Waals surface area contributed by atoms with Crippen molar-refractivity contribution in [2.45, 2.75) is 141 Å². The van der Waals surface area contributed by atoms with Crippen LogP contribution in [0.3, 0.4) is 0 Å². The molecule has 1 heterocycles. The van der Waals surface area contributed by atoms with E-state index in [1.54, 1.807) is 7.11 Å². The Kier molecular flexibility index (Phi) is 11.2. The van der Waals surface area contributed by atoms with Gasteiger partial charge in [0.15, 0.2) is 8.32 Å². The zero-order chi connectivity index (χ0) is 35.8. The highest BCUT2D eigenvalue weighted by Gasteiger charge is 2.52. The molecule has 5 rings (SSSR count). The lowest BCUT2D eigenvalue weighted by molar-refractivity contribution is -0.124. The van der Waals surface area contributed by atoms with E-state index in [-0.39, 0.29) is 23.0 Å². The maximum absolute atomic E-state index is 14.6. The first-order valence-corrected chi connectivity index (χ1v) is 21.4. The number of rotatable bonds is 9. The van der Waals surface area contributed by atoms with Gasteiger partial charge in [0.1, 0.15) is 11.8 Å². The molecular formula is C40H59BN2O5Si.